The maximum Gasteiger partial charge on any atom is 0.254 e. The first-order valence-corrected chi connectivity index (χ1v) is 7.79. The molecule has 2 aromatic rings. The predicted octanol–water partition coefficient (Wildman–Crippen LogP) is 3.23. The number of anilines is 1. The van der Waals surface area contributed by atoms with E-state index in [1.807, 2.05) is 32.0 Å². The van der Waals surface area contributed by atoms with Gasteiger partial charge in [-0.25, -0.2) is 4.39 Å². The second-order valence-corrected chi connectivity index (χ2v) is 5.63. The first kappa shape index (κ1) is 17.7. The van der Waals surface area contributed by atoms with Gasteiger partial charge in [0.15, 0.2) is 0 Å². The highest BCUT2D eigenvalue weighted by Crippen LogP contribution is 2.22. The van der Waals surface area contributed by atoms with E-state index < -0.39 is 11.7 Å². The number of carbonyl (C=O) groups excluding carboxylic acids is 2. The number of hydrogen-bond acceptors (Lipinski definition) is 2. The van der Waals surface area contributed by atoms with Gasteiger partial charge in [0.05, 0.1) is 5.56 Å². The van der Waals surface area contributed by atoms with Crippen LogP contribution in [-0.4, -0.2) is 24.9 Å². The van der Waals surface area contributed by atoms with E-state index in [4.69, 9.17) is 0 Å². The SMILES string of the molecule is CC(=O)N(CCNC(=O)c1ccccc1F)c1cccc(C)c1C. The molecule has 0 radical (unpaired) electrons. The van der Waals surface area contributed by atoms with Crippen LogP contribution < -0.4 is 10.2 Å². The van der Waals surface area contributed by atoms with Crippen molar-refractivity contribution in [2.24, 2.45) is 0 Å². The van der Waals surface area contributed by atoms with Gasteiger partial charge in [-0.2, -0.15) is 0 Å². The zero-order valence-corrected chi connectivity index (χ0v) is 14.1. The summed E-state index contributed by atoms with van der Waals surface area (Å²) in [6.45, 7) is 5.98. The van der Waals surface area contributed by atoms with Crippen LogP contribution in [-0.2, 0) is 4.79 Å². The van der Waals surface area contributed by atoms with E-state index in [2.05, 4.69) is 5.32 Å². The molecular formula is C19H21FN2O2. The number of halogens is 1. The molecule has 5 heteroatoms. The smallest absolute Gasteiger partial charge is 0.254 e. The first-order chi connectivity index (χ1) is 11.4. The Labute approximate surface area is 141 Å². The molecule has 2 rings (SSSR count). The van der Waals surface area contributed by atoms with Gasteiger partial charge in [-0.3, -0.25) is 9.59 Å². The van der Waals surface area contributed by atoms with E-state index in [1.165, 1.54) is 25.1 Å². The summed E-state index contributed by atoms with van der Waals surface area (Å²) in [6.07, 6.45) is 0. The van der Waals surface area contributed by atoms with Crippen LogP contribution in [0.3, 0.4) is 0 Å². The summed E-state index contributed by atoms with van der Waals surface area (Å²) in [6, 6.07) is 11.6. The summed E-state index contributed by atoms with van der Waals surface area (Å²) in [5, 5.41) is 2.66. The van der Waals surface area contributed by atoms with Crippen LogP contribution in [0.1, 0.15) is 28.4 Å². The van der Waals surface area contributed by atoms with Crippen LogP contribution in [0.4, 0.5) is 10.1 Å². The molecule has 0 saturated carbocycles. The Morgan fingerprint density at radius 1 is 1.08 bits per heavy atom. The second-order valence-electron chi connectivity index (χ2n) is 5.63. The minimum atomic E-state index is -0.562. The van der Waals surface area contributed by atoms with Crippen LogP contribution in [0.15, 0.2) is 42.5 Å². The highest BCUT2D eigenvalue weighted by molar-refractivity contribution is 5.95. The standard InChI is InChI=1S/C19H21FN2O2/c1-13-7-6-10-18(14(13)2)22(15(3)23)12-11-21-19(24)16-8-4-5-9-17(16)20/h4-10H,11-12H2,1-3H3,(H,21,24). The largest absolute Gasteiger partial charge is 0.350 e. The molecule has 0 aliphatic rings. The Morgan fingerprint density at radius 2 is 1.79 bits per heavy atom. The van der Waals surface area contributed by atoms with Crippen molar-refractivity contribution in [3.8, 4) is 0 Å². The fourth-order valence-corrected chi connectivity index (χ4v) is 2.50. The molecule has 24 heavy (non-hydrogen) atoms. The van der Waals surface area contributed by atoms with E-state index in [0.29, 0.717) is 6.54 Å². The quantitative estimate of drug-likeness (QED) is 0.916. The third-order valence-corrected chi connectivity index (χ3v) is 3.99. The molecular weight excluding hydrogens is 307 g/mol. The first-order valence-electron chi connectivity index (χ1n) is 7.79. The lowest BCUT2D eigenvalue weighted by molar-refractivity contribution is -0.116. The fraction of sp³-hybridized carbons (Fsp3) is 0.263. The number of nitrogens with zero attached hydrogens (tertiary/aromatic N) is 1. The third-order valence-electron chi connectivity index (χ3n) is 3.99. The van der Waals surface area contributed by atoms with Gasteiger partial charge in [0.25, 0.3) is 5.91 Å². The Bertz CT molecular complexity index is 759. The summed E-state index contributed by atoms with van der Waals surface area (Å²) in [4.78, 5) is 25.6. The van der Waals surface area contributed by atoms with Crippen molar-refractivity contribution in [2.75, 3.05) is 18.0 Å². The van der Waals surface area contributed by atoms with Crippen molar-refractivity contribution < 1.29 is 14.0 Å². The van der Waals surface area contributed by atoms with Crippen molar-refractivity contribution in [3.05, 3.63) is 65.0 Å². The number of rotatable bonds is 5. The molecule has 0 fully saturated rings. The molecule has 0 atom stereocenters. The number of nitrogens with one attached hydrogen (secondary N) is 1. The van der Waals surface area contributed by atoms with E-state index in [9.17, 15) is 14.0 Å². The van der Waals surface area contributed by atoms with Crippen LogP contribution >= 0.6 is 0 Å². The molecule has 2 aromatic carbocycles. The van der Waals surface area contributed by atoms with Crippen LogP contribution in [0.2, 0.25) is 0 Å². The van der Waals surface area contributed by atoms with Gasteiger partial charge in [0.1, 0.15) is 5.82 Å². The Morgan fingerprint density at radius 3 is 2.46 bits per heavy atom. The summed E-state index contributed by atoms with van der Waals surface area (Å²) in [5.41, 5.74) is 2.93. The van der Waals surface area contributed by atoms with E-state index in [1.54, 1.807) is 11.0 Å². The Kier molecular flexibility index (Phi) is 5.68. The minimum Gasteiger partial charge on any atom is -0.350 e. The number of aryl methyl sites for hydroxylation is 1. The number of carbonyl (C=O) groups is 2. The molecule has 0 aliphatic heterocycles. The predicted molar refractivity (Wildman–Crippen MR) is 92.7 cm³/mol. The molecule has 4 nitrogen and oxygen atoms in total. The third kappa shape index (κ3) is 3.98. The van der Waals surface area contributed by atoms with Crippen molar-refractivity contribution >= 4 is 17.5 Å². The molecule has 1 N–H and O–H groups in total. The maximum atomic E-state index is 13.6. The molecule has 0 aliphatic carbocycles. The van der Waals surface area contributed by atoms with E-state index in [-0.39, 0.29) is 18.0 Å². The Balaban J connectivity index is 2.05. The summed E-state index contributed by atoms with van der Waals surface area (Å²) in [7, 11) is 0. The van der Waals surface area contributed by atoms with Gasteiger partial charge in [0, 0.05) is 25.7 Å². The molecule has 0 bridgehead atoms. The molecule has 0 heterocycles. The average Bonchev–Trinajstić information content (AvgIpc) is 2.54. The lowest BCUT2D eigenvalue weighted by Gasteiger charge is -2.24. The van der Waals surface area contributed by atoms with Gasteiger partial charge < -0.3 is 10.2 Å². The van der Waals surface area contributed by atoms with Crippen molar-refractivity contribution in [1.82, 2.24) is 5.32 Å². The summed E-state index contributed by atoms with van der Waals surface area (Å²) < 4.78 is 13.6. The van der Waals surface area contributed by atoms with Crippen LogP contribution in [0.25, 0.3) is 0 Å². The normalized spacial score (nSPS) is 10.3. The molecule has 0 saturated heterocycles. The number of amides is 2. The van der Waals surface area contributed by atoms with Gasteiger partial charge >= 0.3 is 0 Å². The van der Waals surface area contributed by atoms with Gasteiger partial charge in [-0.15, -0.1) is 0 Å². The topological polar surface area (TPSA) is 49.4 Å². The van der Waals surface area contributed by atoms with Crippen LogP contribution in [0, 0.1) is 19.7 Å². The molecule has 126 valence electrons. The van der Waals surface area contributed by atoms with E-state index in [0.717, 1.165) is 16.8 Å². The summed E-state index contributed by atoms with van der Waals surface area (Å²) >= 11 is 0. The Hall–Kier alpha value is -2.69. The zero-order chi connectivity index (χ0) is 17.7. The van der Waals surface area contributed by atoms with Gasteiger partial charge in [-0.1, -0.05) is 24.3 Å². The van der Waals surface area contributed by atoms with Crippen molar-refractivity contribution in [2.45, 2.75) is 20.8 Å². The fourth-order valence-electron chi connectivity index (χ4n) is 2.50. The van der Waals surface area contributed by atoms with Crippen molar-refractivity contribution in [1.29, 1.82) is 0 Å². The lowest BCUT2D eigenvalue weighted by Crippen LogP contribution is -2.38. The maximum absolute atomic E-state index is 13.6. The summed E-state index contributed by atoms with van der Waals surface area (Å²) in [5.74, 6) is -1.16. The minimum absolute atomic E-state index is 0.00129. The van der Waals surface area contributed by atoms with Gasteiger partial charge in [0.2, 0.25) is 5.91 Å². The number of hydrogen-bond donors (Lipinski definition) is 1. The lowest BCUT2D eigenvalue weighted by atomic mass is 10.1. The molecule has 2 amide bonds. The van der Waals surface area contributed by atoms with Crippen molar-refractivity contribution in [3.63, 3.8) is 0 Å². The molecule has 0 aromatic heterocycles. The second kappa shape index (κ2) is 7.73. The van der Waals surface area contributed by atoms with Gasteiger partial charge in [-0.05, 0) is 43.2 Å². The van der Waals surface area contributed by atoms with E-state index >= 15 is 0 Å². The van der Waals surface area contributed by atoms with Crippen LogP contribution in [0.5, 0.6) is 0 Å². The molecule has 0 spiro atoms. The highest BCUT2D eigenvalue weighted by atomic mass is 19.1. The monoisotopic (exact) mass is 328 g/mol. The highest BCUT2D eigenvalue weighted by Gasteiger charge is 2.16. The zero-order valence-electron chi connectivity index (χ0n) is 14.1. The molecule has 0 unspecified atom stereocenters. The number of benzene rings is 2. The average molecular weight is 328 g/mol.